The van der Waals surface area contributed by atoms with E-state index in [0.717, 1.165) is 37.7 Å². The number of nitrogens with zero attached hydrogens (tertiary/aromatic N) is 3. The van der Waals surface area contributed by atoms with E-state index in [0.29, 0.717) is 0 Å². The molecule has 0 spiro atoms. The van der Waals surface area contributed by atoms with Crippen molar-refractivity contribution in [3.8, 4) is 0 Å². The number of nitrogens with one attached hydrogen (secondary N) is 1. The molecule has 2 rings (SSSR count). The molecule has 1 aliphatic rings. The standard InChI is InChI=1S/C10H18N4/c1-3-9-12-13-10-6-8(7-11-2)4-5-14(9)10/h8,11H,3-7H2,1-2H3. The fraction of sp³-hybridized carbons (Fsp3) is 0.800. The monoisotopic (exact) mass is 194 g/mol. The molecule has 0 aromatic carbocycles. The van der Waals surface area contributed by atoms with Crippen molar-refractivity contribution < 1.29 is 0 Å². The van der Waals surface area contributed by atoms with Gasteiger partial charge in [0.15, 0.2) is 0 Å². The molecule has 1 atom stereocenters. The third-order valence-corrected chi connectivity index (χ3v) is 2.95. The highest BCUT2D eigenvalue weighted by atomic mass is 15.3. The van der Waals surface area contributed by atoms with E-state index < -0.39 is 0 Å². The van der Waals surface area contributed by atoms with Crippen molar-refractivity contribution in [3.05, 3.63) is 11.6 Å². The van der Waals surface area contributed by atoms with Crippen LogP contribution in [-0.2, 0) is 19.4 Å². The van der Waals surface area contributed by atoms with Gasteiger partial charge in [-0.2, -0.15) is 0 Å². The summed E-state index contributed by atoms with van der Waals surface area (Å²) >= 11 is 0. The molecule has 0 aliphatic carbocycles. The summed E-state index contributed by atoms with van der Waals surface area (Å²) in [6.07, 6.45) is 3.32. The fourth-order valence-electron chi connectivity index (χ4n) is 2.18. The largest absolute Gasteiger partial charge is 0.319 e. The van der Waals surface area contributed by atoms with Gasteiger partial charge in [0.25, 0.3) is 0 Å². The summed E-state index contributed by atoms with van der Waals surface area (Å²) in [5, 5.41) is 11.7. The molecular weight excluding hydrogens is 176 g/mol. The zero-order chi connectivity index (χ0) is 9.97. The smallest absolute Gasteiger partial charge is 0.133 e. The Hall–Kier alpha value is -0.900. The maximum Gasteiger partial charge on any atom is 0.133 e. The van der Waals surface area contributed by atoms with Gasteiger partial charge in [0, 0.05) is 19.4 Å². The van der Waals surface area contributed by atoms with E-state index >= 15 is 0 Å². The predicted molar refractivity (Wildman–Crippen MR) is 55.1 cm³/mol. The molecule has 0 saturated heterocycles. The average molecular weight is 194 g/mol. The Balaban J connectivity index is 2.12. The summed E-state index contributed by atoms with van der Waals surface area (Å²) < 4.78 is 2.28. The first kappa shape index (κ1) is 9.65. The van der Waals surface area contributed by atoms with Crippen LogP contribution in [0.4, 0.5) is 0 Å². The first-order chi connectivity index (χ1) is 6.85. The molecule has 0 amide bonds. The minimum Gasteiger partial charge on any atom is -0.319 e. The maximum atomic E-state index is 4.25. The summed E-state index contributed by atoms with van der Waals surface area (Å²) in [5.41, 5.74) is 0. The number of fused-ring (bicyclic) bond motifs is 1. The van der Waals surface area contributed by atoms with Gasteiger partial charge in [-0.1, -0.05) is 6.92 Å². The Morgan fingerprint density at radius 1 is 1.50 bits per heavy atom. The van der Waals surface area contributed by atoms with Gasteiger partial charge in [0.05, 0.1) is 0 Å². The van der Waals surface area contributed by atoms with Gasteiger partial charge in [-0.05, 0) is 25.9 Å². The van der Waals surface area contributed by atoms with Crippen LogP contribution in [0.3, 0.4) is 0 Å². The molecule has 1 unspecified atom stereocenters. The van der Waals surface area contributed by atoms with Gasteiger partial charge in [0.1, 0.15) is 11.6 Å². The lowest BCUT2D eigenvalue weighted by molar-refractivity contribution is 0.368. The highest BCUT2D eigenvalue weighted by Gasteiger charge is 2.21. The molecule has 1 aromatic rings. The van der Waals surface area contributed by atoms with E-state index in [-0.39, 0.29) is 0 Å². The lowest BCUT2D eigenvalue weighted by Gasteiger charge is -2.23. The van der Waals surface area contributed by atoms with Crippen molar-refractivity contribution in [1.82, 2.24) is 20.1 Å². The molecule has 1 aliphatic heterocycles. The van der Waals surface area contributed by atoms with Crippen molar-refractivity contribution in [2.75, 3.05) is 13.6 Å². The highest BCUT2D eigenvalue weighted by molar-refractivity contribution is 5.00. The molecular formula is C10H18N4. The third-order valence-electron chi connectivity index (χ3n) is 2.95. The van der Waals surface area contributed by atoms with Crippen molar-refractivity contribution >= 4 is 0 Å². The molecule has 78 valence electrons. The van der Waals surface area contributed by atoms with Crippen molar-refractivity contribution in [3.63, 3.8) is 0 Å². The average Bonchev–Trinajstić information content (AvgIpc) is 2.60. The molecule has 0 saturated carbocycles. The van der Waals surface area contributed by atoms with E-state index in [2.05, 4.69) is 27.0 Å². The van der Waals surface area contributed by atoms with Crippen molar-refractivity contribution in [1.29, 1.82) is 0 Å². The second kappa shape index (κ2) is 4.09. The van der Waals surface area contributed by atoms with Gasteiger partial charge in [-0.25, -0.2) is 0 Å². The lowest BCUT2D eigenvalue weighted by atomic mass is 9.98. The van der Waals surface area contributed by atoms with E-state index in [4.69, 9.17) is 0 Å². The van der Waals surface area contributed by atoms with Crippen LogP contribution in [0.2, 0.25) is 0 Å². The van der Waals surface area contributed by atoms with E-state index in [1.807, 2.05) is 7.05 Å². The van der Waals surface area contributed by atoms with Gasteiger partial charge in [-0.3, -0.25) is 0 Å². The zero-order valence-corrected chi connectivity index (χ0v) is 8.95. The zero-order valence-electron chi connectivity index (χ0n) is 8.95. The van der Waals surface area contributed by atoms with Gasteiger partial charge < -0.3 is 9.88 Å². The molecule has 4 nitrogen and oxygen atoms in total. The van der Waals surface area contributed by atoms with Crippen molar-refractivity contribution in [2.24, 2.45) is 5.92 Å². The van der Waals surface area contributed by atoms with Crippen LogP contribution in [0.5, 0.6) is 0 Å². The minimum atomic E-state index is 0.737. The number of rotatable bonds is 3. The summed E-state index contributed by atoms with van der Waals surface area (Å²) in [5.74, 6) is 3.05. The van der Waals surface area contributed by atoms with E-state index in [9.17, 15) is 0 Å². The van der Waals surface area contributed by atoms with Crippen molar-refractivity contribution in [2.45, 2.75) is 32.7 Å². The first-order valence-corrected chi connectivity index (χ1v) is 5.40. The quantitative estimate of drug-likeness (QED) is 0.767. The Bertz CT molecular complexity index is 305. The van der Waals surface area contributed by atoms with Gasteiger partial charge in [0.2, 0.25) is 0 Å². The Labute approximate surface area is 84.7 Å². The number of hydrogen-bond acceptors (Lipinski definition) is 3. The molecule has 1 N–H and O–H groups in total. The van der Waals surface area contributed by atoms with Gasteiger partial charge in [-0.15, -0.1) is 10.2 Å². The number of aryl methyl sites for hydroxylation is 1. The van der Waals surface area contributed by atoms with Crippen LogP contribution in [0.25, 0.3) is 0 Å². The van der Waals surface area contributed by atoms with Crippen LogP contribution < -0.4 is 5.32 Å². The predicted octanol–water partition coefficient (Wildman–Crippen LogP) is 0.622. The molecule has 2 heterocycles. The number of hydrogen-bond donors (Lipinski definition) is 1. The van der Waals surface area contributed by atoms with E-state index in [1.165, 1.54) is 12.2 Å². The Kier molecular flexibility index (Phi) is 2.82. The SMILES string of the molecule is CCc1nnc2n1CCC(CNC)C2. The molecule has 4 heteroatoms. The summed E-state index contributed by atoms with van der Waals surface area (Å²) in [4.78, 5) is 0. The normalized spacial score (nSPS) is 20.9. The summed E-state index contributed by atoms with van der Waals surface area (Å²) in [7, 11) is 2.01. The van der Waals surface area contributed by atoms with E-state index in [1.54, 1.807) is 0 Å². The molecule has 0 bridgehead atoms. The van der Waals surface area contributed by atoms with Crippen LogP contribution in [-0.4, -0.2) is 28.4 Å². The van der Waals surface area contributed by atoms with Crippen LogP contribution in [0.1, 0.15) is 25.0 Å². The second-order valence-corrected chi connectivity index (χ2v) is 3.95. The number of aromatic nitrogens is 3. The molecule has 1 aromatic heterocycles. The van der Waals surface area contributed by atoms with Crippen LogP contribution >= 0.6 is 0 Å². The Morgan fingerprint density at radius 3 is 3.07 bits per heavy atom. The summed E-state index contributed by atoms with van der Waals surface area (Å²) in [6.45, 7) is 4.32. The highest BCUT2D eigenvalue weighted by Crippen LogP contribution is 2.19. The maximum absolute atomic E-state index is 4.25. The topological polar surface area (TPSA) is 42.7 Å². The third kappa shape index (κ3) is 1.66. The summed E-state index contributed by atoms with van der Waals surface area (Å²) in [6, 6.07) is 0. The molecule has 14 heavy (non-hydrogen) atoms. The first-order valence-electron chi connectivity index (χ1n) is 5.40. The Morgan fingerprint density at radius 2 is 2.36 bits per heavy atom. The van der Waals surface area contributed by atoms with Crippen LogP contribution in [0.15, 0.2) is 0 Å². The van der Waals surface area contributed by atoms with Gasteiger partial charge >= 0.3 is 0 Å². The van der Waals surface area contributed by atoms with Crippen LogP contribution in [0, 0.1) is 5.92 Å². The minimum absolute atomic E-state index is 0.737. The molecule has 0 fully saturated rings. The second-order valence-electron chi connectivity index (χ2n) is 3.95. The molecule has 0 radical (unpaired) electrons. The lowest BCUT2D eigenvalue weighted by Crippen LogP contribution is -2.28. The fourth-order valence-corrected chi connectivity index (χ4v) is 2.18.